The molecule has 2 N–H and O–H groups in total. The summed E-state index contributed by atoms with van der Waals surface area (Å²) in [6, 6.07) is 6.32. The van der Waals surface area contributed by atoms with Crippen molar-refractivity contribution in [2.45, 2.75) is 52.3 Å². The maximum atomic E-state index is 9.88. The Labute approximate surface area is 131 Å². The van der Waals surface area contributed by atoms with Crippen LogP contribution in [0.5, 0.6) is 0 Å². The number of anilines is 1. The van der Waals surface area contributed by atoms with Crippen LogP contribution in [0.2, 0.25) is 0 Å². The predicted octanol–water partition coefficient (Wildman–Crippen LogP) is 3.54. The number of likely N-dealkylation sites (N-methyl/N-ethyl adjacent to an activating group) is 1. The van der Waals surface area contributed by atoms with E-state index in [1.54, 1.807) is 0 Å². The molecule has 0 amide bonds. The highest BCUT2D eigenvalue weighted by Crippen LogP contribution is 2.25. The first kappa shape index (κ1) is 17.5. The first-order valence-corrected chi connectivity index (χ1v) is 7.74. The van der Waals surface area contributed by atoms with Crippen LogP contribution in [0.25, 0.3) is 0 Å². The molecule has 0 aliphatic heterocycles. The number of aliphatic hydroxyl groups is 1. The summed E-state index contributed by atoms with van der Waals surface area (Å²) >= 11 is 3.63. The van der Waals surface area contributed by atoms with Crippen molar-refractivity contribution in [3.63, 3.8) is 0 Å². The Balaban J connectivity index is 2.77. The van der Waals surface area contributed by atoms with Crippen molar-refractivity contribution in [3.05, 3.63) is 28.2 Å². The SMILES string of the molecule is CN(CC(C)(C)O)c1ccc(CNC(C)(C)C)c(Br)c1. The summed E-state index contributed by atoms with van der Waals surface area (Å²) in [7, 11) is 1.99. The fraction of sp³-hybridized carbons (Fsp3) is 0.625. The highest BCUT2D eigenvalue weighted by atomic mass is 79.9. The van der Waals surface area contributed by atoms with Crippen LogP contribution >= 0.6 is 15.9 Å². The number of nitrogens with zero attached hydrogens (tertiary/aromatic N) is 1. The molecule has 1 aromatic rings. The molecule has 1 aromatic carbocycles. The van der Waals surface area contributed by atoms with Crippen molar-refractivity contribution in [2.24, 2.45) is 0 Å². The van der Waals surface area contributed by atoms with Gasteiger partial charge in [-0.1, -0.05) is 22.0 Å². The van der Waals surface area contributed by atoms with Crippen LogP contribution in [0.1, 0.15) is 40.2 Å². The molecule has 0 saturated heterocycles. The van der Waals surface area contributed by atoms with E-state index in [-0.39, 0.29) is 5.54 Å². The zero-order valence-electron chi connectivity index (χ0n) is 13.4. The third-order valence-corrected chi connectivity index (χ3v) is 3.65. The Morgan fingerprint density at radius 1 is 1.20 bits per heavy atom. The van der Waals surface area contributed by atoms with Gasteiger partial charge in [-0.2, -0.15) is 0 Å². The maximum Gasteiger partial charge on any atom is 0.0765 e. The molecule has 0 atom stereocenters. The highest BCUT2D eigenvalue weighted by molar-refractivity contribution is 9.10. The van der Waals surface area contributed by atoms with E-state index in [0.717, 1.165) is 16.7 Å². The Morgan fingerprint density at radius 2 is 1.80 bits per heavy atom. The van der Waals surface area contributed by atoms with E-state index in [9.17, 15) is 5.11 Å². The Hall–Kier alpha value is -0.580. The molecule has 0 unspecified atom stereocenters. The first-order valence-electron chi connectivity index (χ1n) is 6.95. The lowest BCUT2D eigenvalue weighted by Crippen LogP contribution is -2.36. The minimum Gasteiger partial charge on any atom is -0.389 e. The van der Waals surface area contributed by atoms with Crippen molar-refractivity contribution in [3.8, 4) is 0 Å². The van der Waals surface area contributed by atoms with E-state index in [4.69, 9.17) is 0 Å². The average molecular weight is 343 g/mol. The van der Waals surface area contributed by atoms with Gasteiger partial charge in [0.15, 0.2) is 0 Å². The number of nitrogens with one attached hydrogen (secondary N) is 1. The molecule has 0 aliphatic rings. The molecular weight excluding hydrogens is 316 g/mol. The maximum absolute atomic E-state index is 9.88. The van der Waals surface area contributed by atoms with Gasteiger partial charge < -0.3 is 15.3 Å². The van der Waals surface area contributed by atoms with Crippen LogP contribution < -0.4 is 10.2 Å². The van der Waals surface area contributed by atoms with Crippen LogP contribution in [0.15, 0.2) is 22.7 Å². The van der Waals surface area contributed by atoms with E-state index in [1.165, 1.54) is 5.56 Å². The average Bonchev–Trinajstić information content (AvgIpc) is 2.23. The summed E-state index contributed by atoms with van der Waals surface area (Å²) in [5, 5.41) is 13.4. The van der Waals surface area contributed by atoms with Gasteiger partial charge in [-0.3, -0.25) is 0 Å². The molecule has 0 saturated carbocycles. The topological polar surface area (TPSA) is 35.5 Å². The monoisotopic (exact) mass is 342 g/mol. The number of rotatable bonds is 5. The zero-order valence-corrected chi connectivity index (χ0v) is 15.0. The van der Waals surface area contributed by atoms with Crippen LogP contribution in [0.3, 0.4) is 0 Å². The van der Waals surface area contributed by atoms with E-state index in [0.29, 0.717) is 6.54 Å². The fourth-order valence-electron chi connectivity index (χ4n) is 1.95. The van der Waals surface area contributed by atoms with Crippen molar-refractivity contribution >= 4 is 21.6 Å². The van der Waals surface area contributed by atoms with Gasteiger partial charge in [-0.05, 0) is 52.3 Å². The normalized spacial score (nSPS) is 12.6. The predicted molar refractivity (Wildman–Crippen MR) is 90.3 cm³/mol. The Morgan fingerprint density at radius 3 is 2.25 bits per heavy atom. The van der Waals surface area contributed by atoms with Crippen LogP contribution in [0, 0.1) is 0 Å². The Kier molecular flexibility index (Phi) is 5.64. The van der Waals surface area contributed by atoms with Crippen LogP contribution in [-0.4, -0.2) is 29.8 Å². The second-order valence-electron chi connectivity index (χ2n) is 7.05. The molecule has 20 heavy (non-hydrogen) atoms. The van der Waals surface area contributed by atoms with E-state index >= 15 is 0 Å². The van der Waals surface area contributed by atoms with Gasteiger partial charge in [0.05, 0.1) is 5.60 Å². The molecule has 0 fully saturated rings. The largest absolute Gasteiger partial charge is 0.389 e. The molecule has 0 heterocycles. The summed E-state index contributed by atoms with van der Waals surface area (Å²) in [5.74, 6) is 0. The molecule has 0 spiro atoms. The van der Waals surface area contributed by atoms with E-state index in [2.05, 4.69) is 65.1 Å². The van der Waals surface area contributed by atoms with Crippen LogP contribution in [0.4, 0.5) is 5.69 Å². The Bertz CT molecular complexity index is 447. The molecular formula is C16H27BrN2O. The van der Waals surface area contributed by atoms with Crippen molar-refractivity contribution < 1.29 is 5.11 Å². The molecule has 0 aromatic heterocycles. The zero-order chi connectivity index (χ0) is 15.6. The second kappa shape index (κ2) is 6.46. The molecule has 1 rings (SSSR count). The highest BCUT2D eigenvalue weighted by Gasteiger charge is 2.17. The summed E-state index contributed by atoms with van der Waals surface area (Å²) in [6.07, 6.45) is 0. The van der Waals surface area contributed by atoms with Gasteiger partial charge in [-0.25, -0.2) is 0 Å². The number of hydrogen-bond acceptors (Lipinski definition) is 3. The van der Waals surface area contributed by atoms with Gasteiger partial charge in [0, 0.05) is 35.8 Å². The number of halogens is 1. The van der Waals surface area contributed by atoms with Gasteiger partial charge in [0.1, 0.15) is 0 Å². The molecule has 114 valence electrons. The van der Waals surface area contributed by atoms with Crippen molar-refractivity contribution in [1.29, 1.82) is 0 Å². The van der Waals surface area contributed by atoms with Crippen LogP contribution in [-0.2, 0) is 6.54 Å². The smallest absolute Gasteiger partial charge is 0.0765 e. The fourth-order valence-corrected chi connectivity index (χ4v) is 2.46. The van der Waals surface area contributed by atoms with Gasteiger partial charge in [-0.15, -0.1) is 0 Å². The lowest BCUT2D eigenvalue weighted by molar-refractivity contribution is 0.0886. The van der Waals surface area contributed by atoms with E-state index in [1.807, 2.05) is 20.9 Å². The number of hydrogen-bond donors (Lipinski definition) is 2. The second-order valence-corrected chi connectivity index (χ2v) is 7.90. The molecule has 4 heteroatoms. The van der Waals surface area contributed by atoms with Gasteiger partial charge >= 0.3 is 0 Å². The van der Waals surface area contributed by atoms with Crippen molar-refractivity contribution in [2.75, 3.05) is 18.5 Å². The third kappa shape index (κ3) is 6.25. The minimum atomic E-state index is -0.701. The summed E-state index contributed by atoms with van der Waals surface area (Å²) in [5.41, 5.74) is 1.74. The summed E-state index contributed by atoms with van der Waals surface area (Å²) in [6.45, 7) is 11.5. The summed E-state index contributed by atoms with van der Waals surface area (Å²) < 4.78 is 1.09. The standard InChI is InChI=1S/C16H27BrN2O/c1-15(2,3)18-10-12-7-8-13(9-14(12)17)19(6)11-16(4,5)20/h7-9,18,20H,10-11H2,1-6H3. The number of benzene rings is 1. The van der Waals surface area contributed by atoms with Crippen molar-refractivity contribution in [1.82, 2.24) is 5.32 Å². The van der Waals surface area contributed by atoms with Gasteiger partial charge in [0.25, 0.3) is 0 Å². The summed E-state index contributed by atoms with van der Waals surface area (Å²) in [4.78, 5) is 2.06. The molecule has 0 bridgehead atoms. The van der Waals surface area contributed by atoms with Gasteiger partial charge in [0.2, 0.25) is 0 Å². The first-order chi connectivity index (χ1) is 8.98. The lowest BCUT2D eigenvalue weighted by Gasteiger charge is -2.28. The molecule has 0 aliphatic carbocycles. The molecule has 3 nitrogen and oxygen atoms in total. The quantitative estimate of drug-likeness (QED) is 0.858. The molecule has 0 radical (unpaired) electrons. The minimum absolute atomic E-state index is 0.107. The lowest BCUT2D eigenvalue weighted by atomic mass is 10.1. The third-order valence-electron chi connectivity index (χ3n) is 2.91. The van der Waals surface area contributed by atoms with E-state index < -0.39 is 5.60 Å².